The molecule has 178 valence electrons. The molecule has 1 saturated carbocycles. The highest BCUT2D eigenvalue weighted by Crippen LogP contribution is 2.49. The van der Waals surface area contributed by atoms with Gasteiger partial charge in [-0.25, -0.2) is 4.79 Å². The van der Waals surface area contributed by atoms with Crippen LogP contribution in [0, 0.1) is 11.3 Å². The average Bonchev–Trinajstić information content (AvgIpc) is 3.54. The number of ether oxygens (including phenoxy) is 1. The maximum absolute atomic E-state index is 13.4. The summed E-state index contributed by atoms with van der Waals surface area (Å²) in [6, 6.07) is 6.73. The second kappa shape index (κ2) is 8.03. The van der Waals surface area contributed by atoms with Crippen LogP contribution < -0.4 is 0 Å². The molecule has 1 amide bonds. The van der Waals surface area contributed by atoms with Crippen LogP contribution in [0.1, 0.15) is 75.2 Å². The molecule has 6 rings (SSSR count). The van der Waals surface area contributed by atoms with E-state index in [0.717, 1.165) is 68.6 Å². The number of tetrazole rings is 1. The number of carbonyl (C=O) groups excluding carboxylic acids is 2. The second-order valence-corrected chi connectivity index (χ2v) is 10.6. The van der Waals surface area contributed by atoms with Gasteiger partial charge in [0, 0.05) is 13.0 Å². The van der Waals surface area contributed by atoms with Gasteiger partial charge in [0.25, 0.3) is 0 Å². The number of hydrogen-bond acceptors (Lipinski definition) is 6. The van der Waals surface area contributed by atoms with Gasteiger partial charge in [0.05, 0.1) is 22.4 Å². The van der Waals surface area contributed by atoms with Gasteiger partial charge in [-0.15, -0.1) is 5.10 Å². The van der Waals surface area contributed by atoms with E-state index in [1.54, 1.807) is 6.92 Å². The average molecular weight is 462 g/mol. The molecule has 1 saturated heterocycles. The van der Waals surface area contributed by atoms with E-state index in [1.165, 1.54) is 11.1 Å². The van der Waals surface area contributed by atoms with Crippen molar-refractivity contribution in [2.24, 2.45) is 11.3 Å². The molecule has 0 N–H and O–H groups in total. The molecule has 0 radical (unpaired) electrons. The Balaban J connectivity index is 1.09. The van der Waals surface area contributed by atoms with E-state index in [9.17, 15) is 9.59 Å². The molecule has 1 aromatic heterocycles. The Morgan fingerprint density at radius 1 is 1.18 bits per heavy atom. The summed E-state index contributed by atoms with van der Waals surface area (Å²) in [5, 5.41) is 12.1. The van der Waals surface area contributed by atoms with E-state index in [2.05, 4.69) is 40.6 Å². The number of benzene rings is 1. The first-order valence-corrected chi connectivity index (χ1v) is 12.5. The maximum atomic E-state index is 13.4. The highest BCUT2D eigenvalue weighted by atomic mass is 16.5. The molecule has 0 unspecified atom stereocenters. The van der Waals surface area contributed by atoms with Gasteiger partial charge in [0.15, 0.2) is 5.82 Å². The molecule has 4 aliphatic rings. The lowest BCUT2D eigenvalue weighted by molar-refractivity contribution is -0.138. The van der Waals surface area contributed by atoms with Crippen LogP contribution in [0.25, 0.3) is 5.69 Å². The lowest BCUT2D eigenvalue weighted by Gasteiger charge is -2.36. The van der Waals surface area contributed by atoms with Crippen molar-refractivity contribution in [1.82, 2.24) is 25.1 Å². The van der Waals surface area contributed by atoms with E-state index in [1.807, 2.05) is 9.58 Å². The summed E-state index contributed by atoms with van der Waals surface area (Å²) in [6.07, 6.45) is 7.99. The van der Waals surface area contributed by atoms with E-state index >= 15 is 0 Å². The van der Waals surface area contributed by atoms with Crippen LogP contribution in [0.15, 0.2) is 29.5 Å². The fourth-order valence-corrected chi connectivity index (χ4v) is 6.51. The zero-order valence-electron chi connectivity index (χ0n) is 19.9. The Hall–Kier alpha value is -3.03. The van der Waals surface area contributed by atoms with Gasteiger partial charge in [-0.05, 0) is 91.3 Å². The minimum Gasteiger partial charge on any atom is -0.456 e. The number of cyclic esters (lactones) is 1. The molecule has 8 heteroatoms. The molecule has 1 spiro atoms. The summed E-state index contributed by atoms with van der Waals surface area (Å²) in [6.45, 7) is 5.04. The van der Waals surface area contributed by atoms with E-state index in [0.29, 0.717) is 24.0 Å². The van der Waals surface area contributed by atoms with Crippen molar-refractivity contribution in [3.63, 3.8) is 0 Å². The van der Waals surface area contributed by atoms with Crippen molar-refractivity contribution in [3.8, 4) is 5.69 Å². The van der Waals surface area contributed by atoms with Crippen LogP contribution in [0.4, 0.5) is 0 Å². The highest BCUT2D eigenvalue weighted by molar-refractivity contribution is 5.94. The first-order valence-electron chi connectivity index (χ1n) is 12.5. The molecule has 0 bridgehead atoms. The molecule has 34 heavy (non-hydrogen) atoms. The SMILES string of the molecule is CC1=C(N2CCC3(CCC(C[C@@H](C)c4ccc5c(c4)CCc4nnnn4-5)CC3)C2=O)COC1=O. The minimum absolute atomic E-state index is 0.211. The van der Waals surface area contributed by atoms with E-state index in [-0.39, 0.29) is 23.9 Å². The quantitative estimate of drug-likeness (QED) is 0.648. The van der Waals surface area contributed by atoms with Gasteiger partial charge >= 0.3 is 5.97 Å². The molecule has 1 aliphatic carbocycles. The zero-order chi connectivity index (χ0) is 23.4. The Kier molecular flexibility index (Phi) is 5.08. The molecule has 3 aliphatic heterocycles. The molecule has 2 fully saturated rings. The molecule has 4 heterocycles. The van der Waals surface area contributed by atoms with Crippen molar-refractivity contribution in [2.75, 3.05) is 13.2 Å². The number of aryl methyl sites for hydroxylation is 2. The molecule has 1 atom stereocenters. The number of aromatic nitrogens is 4. The summed E-state index contributed by atoms with van der Waals surface area (Å²) in [7, 11) is 0. The number of carbonyl (C=O) groups is 2. The smallest absolute Gasteiger partial charge is 0.336 e. The Labute approximate surface area is 199 Å². The van der Waals surface area contributed by atoms with Crippen LogP contribution in [-0.2, 0) is 27.2 Å². The standard InChI is InChI=1S/C26H31N5O3/c1-16(19-3-5-21-20(14-19)4-6-23-27-28-29-31(21)23)13-18-7-9-26(10-8-18)11-12-30(25(26)33)22-15-34-24(32)17(22)2/h3,5,14,16,18H,4,6-13,15H2,1-2H3/t16-,18?,26?/m1/s1. The number of likely N-dealkylation sites (tertiary alicyclic amines) is 1. The third-order valence-electron chi connectivity index (χ3n) is 8.72. The molecular formula is C26H31N5O3. The summed E-state index contributed by atoms with van der Waals surface area (Å²) in [5.41, 5.74) is 4.94. The highest BCUT2D eigenvalue weighted by Gasteiger charge is 2.50. The van der Waals surface area contributed by atoms with Crippen molar-refractivity contribution >= 4 is 11.9 Å². The van der Waals surface area contributed by atoms with Gasteiger partial charge < -0.3 is 9.64 Å². The first kappa shape index (κ1) is 21.5. The van der Waals surface area contributed by atoms with Crippen LogP contribution in [-0.4, -0.2) is 50.1 Å². The second-order valence-electron chi connectivity index (χ2n) is 10.6. The number of rotatable bonds is 4. The van der Waals surface area contributed by atoms with Crippen LogP contribution in [0.3, 0.4) is 0 Å². The molecule has 2 aromatic rings. The lowest BCUT2D eigenvalue weighted by atomic mass is 9.67. The van der Waals surface area contributed by atoms with E-state index in [4.69, 9.17) is 4.74 Å². The number of esters is 1. The zero-order valence-corrected chi connectivity index (χ0v) is 19.9. The number of nitrogens with zero attached hydrogens (tertiary/aromatic N) is 5. The van der Waals surface area contributed by atoms with Crippen molar-refractivity contribution in [1.29, 1.82) is 0 Å². The maximum Gasteiger partial charge on any atom is 0.336 e. The molecule has 1 aromatic carbocycles. The third-order valence-corrected chi connectivity index (χ3v) is 8.72. The van der Waals surface area contributed by atoms with Crippen molar-refractivity contribution in [3.05, 3.63) is 46.4 Å². The van der Waals surface area contributed by atoms with Gasteiger partial charge in [-0.1, -0.05) is 19.1 Å². The predicted octanol–water partition coefficient (Wildman–Crippen LogP) is 3.49. The normalized spacial score (nSPS) is 27.2. The minimum atomic E-state index is -0.290. The Bertz CT molecular complexity index is 1190. The number of hydrogen-bond donors (Lipinski definition) is 0. The van der Waals surface area contributed by atoms with Crippen LogP contribution in [0.2, 0.25) is 0 Å². The third kappa shape index (κ3) is 3.37. The lowest BCUT2D eigenvalue weighted by Crippen LogP contribution is -2.37. The van der Waals surface area contributed by atoms with E-state index < -0.39 is 0 Å². The topological polar surface area (TPSA) is 90.2 Å². The summed E-state index contributed by atoms with van der Waals surface area (Å²) >= 11 is 0. The fraction of sp³-hybridized carbons (Fsp3) is 0.577. The van der Waals surface area contributed by atoms with Crippen LogP contribution in [0.5, 0.6) is 0 Å². The van der Waals surface area contributed by atoms with Crippen molar-refractivity contribution in [2.45, 2.75) is 71.1 Å². The van der Waals surface area contributed by atoms with Gasteiger partial charge in [0.2, 0.25) is 5.91 Å². The van der Waals surface area contributed by atoms with Crippen molar-refractivity contribution < 1.29 is 14.3 Å². The monoisotopic (exact) mass is 461 g/mol. The Morgan fingerprint density at radius 2 is 2.00 bits per heavy atom. The van der Waals surface area contributed by atoms with Crippen LogP contribution >= 0.6 is 0 Å². The van der Waals surface area contributed by atoms with Gasteiger partial charge in [0.1, 0.15) is 6.61 Å². The summed E-state index contributed by atoms with van der Waals surface area (Å²) < 4.78 is 7.01. The summed E-state index contributed by atoms with van der Waals surface area (Å²) in [4.78, 5) is 27.0. The first-order chi connectivity index (χ1) is 16.4. The molecular weight excluding hydrogens is 430 g/mol. The predicted molar refractivity (Wildman–Crippen MR) is 124 cm³/mol. The largest absolute Gasteiger partial charge is 0.456 e. The summed E-state index contributed by atoms with van der Waals surface area (Å²) in [5.74, 6) is 1.97. The number of fused-ring (bicyclic) bond motifs is 3. The van der Waals surface area contributed by atoms with Gasteiger partial charge in [-0.3, -0.25) is 4.79 Å². The number of amides is 1. The fourth-order valence-electron chi connectivity index (χ4n) is 6.51. The van der Waals surface area contributed by atoms with Gasteiger partial charge in [-0.2, -0.15) is 4.68 Å². The Morgan fingerprint density at radius 3 is 2.76 bits per heavy atom. The molecule has 8 nitrogen and oxygen atoms in total.